The van der Waals surface area contributed by atoms with Gasteiger partial charge in [-0.05, 0) is 36.4 Å². The van der Waals surface area contributed by atoms with Crippen molar-refractivity contribution in [2.24, 2.45) is 5.73 Å². The van der Waals surface area contributed by atoms with Gasteiger partial charge in [0.2, 0.25) is 0 Å². The van der Waals surface area contributed by atoms with Crippen LogP contribution in [0.3, 0.4) is 0 Å². The molecule has 0 amide bonds. The van der Waals surface area contributed by atoms with Gasteiger partial charge in [0.1, 0.15) is 30.5 Å². The van der Waals surface area contributed by atoms with Crippen molar-refractivity contribution < 1.29 is 9.47 Å². The van der Waals surface area contributed by atoms with Gasteiger partial charge in [0.05, 0.1) is 0 Å². The first kappa shape index (κ1) is 15.9. The first-order valence-electron chi connectivity index (χ1n) is 6.01. The molecule has 0 unspecified atom stereocenters. The van der Waals surface area contributed by atoms with Crippen LogP contribution in [0.25, 0.3) is 0 Å². The van der Waals surface area contributed by atoms with Gasteiger partial charge in [-0.3, -0.25) is 5.41 Å². The molecule has 0 saturated heterocycles. The Hall–Kier alpha value is -2.20. The zero-order chi connectivity index (χ0) is 13.5. The lowest BCUT2D eigenvalue weighted by Crippen LogP contribution is -2.11. The summed E-state index contributed by atoms with van der Waals surface area (Å²) in [4.78, 5) is 0. The van der Waals surface area contributed by atoms with Crippen molar-refractivity contribution in [1.82, 2.24) is 0 Å². The first-order valence-corrected chi connectivity index (χ1v) is 6.01. The fraction of sp³-hybridized carbons (Fsp3) is 0.133. The number of benzene rings is 2. The van der Waals surface area contributed by atoms with Crippen LogP contribution >= 0.6 is 12.4 Å². The van der Waals surface area contributed by atoms with Gasteiger partial charge in [-0.25, -0.2) is 0 Å². The Morgan fingerprint density at radius 3 is 1.85 bits per heavy atom. The van der Waals surface area contributed by atoms with Gasteiger partial charge >= 0.3 is 0 Å². The molecule has 0 heterocycles. The third-order valence-corrected chi connectivity index (χ3v) is 2.53. The summed E-state index contributed by atoms with van der Waals surface area (Å²) in [6.07, 6.45) is 0. The molecular weight excluding hydrogens is 276 g/mol. The Labute approximate surface area is 124 Å². The van der Waals surface area contributed by atoms with E-state index < -0.39 is 0 Å². The first-order chi connectivity index (χ1) is 9.25. The summed E-state index contributed by atoms with van der Waals surface area (Å²) in [6.45, 7) is 0.951. The number of ether oxygens (including phenoxy) is 2. The molecule has 4 nitrogen and oxygen atoms in total. The van der Waals surface area contributed by atoms with Gasteiger partial charge in [0.25, 0.3) is 0 Å². The molecule has 0 saturated carbocycles. The number of para-hydroxylation sites is 1. The molecule has 106 valence electrons. The summed E-state index contributed by atoms with van der Waals surface area (Å²) in [7, 11) is 0. The maximum atomic E-state index is 7.29. The summed E-state index contributed by atoms with van der Waals surface area (Å²) in [5.41, 5.74) is 6.06. The molecule has 5 heteroatoms. The van der Waals surface area contributed by atoms with E-state index in [9.17, 15) is 0 Å². The van der Waals surface area contributed by atoms with Gasteiger partial charge in [-0.2, -0.15) is 0 Å². The van der Waals surface area contributed by atoms with Crippen molar-refractivity contribution >= 4 is 18.2 Å². The van der Waals surface area contributed by atoms with Crippen LogP contribution in [0.15, 0.2) is 54.6 Å². The lowest BCUT2D eigenvalue weighted by molar-refractivity contribution is 0.217. The monoisotopic (exact) mass is 292 g/mol. The lowest BCUT2D eigenvalue weighted by Gasteiger charge is -2.08. The summed E-state index contributed by atoms with van der Waals surface area (Å²) in [5, 5.41) is 7.29. The van der Waals surface area contributed by atoms with Crippen molar-refractivity contribution in [3.05, 3.63) is 60.2 Å². The molecule has 0 bridgehead atoms. The molecule has 2 aromatic carbocycles. The standard InChI is InChI=1S/C15H16N2O2.ClH/c16-15(17)12-6-8-14(9-7-12)19-11-10-18-13-4-2-1-3-5-13;/h1-9H,10-11H2,(H3,16,17);1H. The van der Waals surface area contributed by atoms with Crippen molar-refractivity contribution in [2.75, 3.05) is 13.2 Å². The minimum Gasteiger partial charge on any atom is -0.490 e. The average molecular weight is 293 g/mol. The molecule has 3 N–H and O–H groups in total. The molecule has 0 aliphatic carbocycles. The molecule has 2 aromatic rings. The lowest BCUT2D eigenvalue weighted by atomic mass is 10.2. The zero-order valence-electron chi connectivity index (χ0n) is 10.9. The van der Waals surface area contributed by atoms with Crippen LogP contribution in [0.5, 0.6) is 11.5 Å². The molecule has 0 aliphatic heterocycles. The SMILES string of the molecule is Cl.N=C(N)c1ccc(OCCOc2ccccc2)cc1. The number of amidine groups is 1. The Balaban J connectivity index is 0.00000200. The van der Waals surface area contributed by atoms with Gasteiger partial charge < -0.3 is 15.2 Å². The Morgan fingerprint density at radius 1 is 0.850 bits per heavy atom. The summed E-state index contributed by atoms with van der Waals surface area (Å²) >= 11 is 0. The van der Waals surface area contributed by atoms with E-state index in [0.717, 1.165) is 11.5 Å². The third-order valence-electron chi connectivity index (χ3n) is 2.53. The summed E-state index contributed by atoms with van der Waals surface area (Å²) in [6, 6.07) is 16.7. The van der Waals surface area contributed by atoms with E-state index in [1.165, 1.54) is 0 Å². The number of nitrogen functional groups attached to an aromatic ring is 1. The van der Waals surface area contributed by atoms with Crippen molar-refractivity contribution in [3.63, 3.8) is 0 Å². The molecule has 20 heavy (non-hydrogen) atoms. The van der Waals surface area contributed by atoms with Crippen LogP contribution in [-0.4, -0.2) is 19.0 Å². The molecular formula is C15H17ClN2O2. The molecule has 0 fully saturated rings. The van der Waals surface area contributed by atoms with E-state index in [4.69, 9.17) is 20.6 Å². The highest BCUT2D eigenvalue weighted by molar-refractivity contribution is 5.94. The Kier molecular flexibility index (Phi) is 6.40. The summed E-state index contributed by atoms with van der Waals surface area (Å²) < 4.78 is 11.0. The number of nitrogens with one attached hydrogen (secondary N) is 1. The van der Waals surface area contributed by atoms with E-state index in [-0.39, 0.29) is 18.2 Å². The maximum Gasteiger partial charge on any atom is 0.122 e. The van der Waals surface area contributed by atoms with E-state index >= 15 is 0 Å². The van der Waals surface area contributed by atoms with Crippen LogP contribution in [0.1, 0.15) is 5.56 Å². The second kappa shape index (κ2) is 8.07. The van der Waals surface area contributed by atoms with Crippen LogP contribution in [0, 0.1) is 5.41 Å². The van der Waals surface area contributed by atoms with E-state index in [0.29, 0.717) is 18.8 Å². The van der Waals surface area contributed by atoms with Crippen molar-refractivity contribution in [3.8, 4) is 11.5 Å². The number of halogens is 1. The highest BCUT2D eigenvalue weighted by atomic mass is 35.5. The maximum absolute atomic E-state index is 7.29. The predicted octanol–water partition coefficient (Wildman–Crippen LogP) is 2.85. The molecule has 0 spiro atoms. The van der Waals surface area contributed by atoms with Crippen LogP contribution in [0.4, 0.5) is 0 Å². The van der Waals surface area contributed by atoms with Crippen LogP contribution < -0.4 is 15.2 Å². The van der Waals surface area contributed by atoms with Crippen LogP contribution in [-0.2, 0) is 0 Å². The molecule has 0 aliphatic rings. The topological polar surface area (TPSA) is 68.3 Å². The van der Waals surface area contributed by atoms with E-state index in [1.807, 2.05) is 30.3 Å². The molecule has 2 rings (SSSR count). The third kappa shape index (κ3) is 4.82. The number of nitrogens with two attached hydrogens (primary N) is 1. The fourth-order valence-electron chi connectivity index (χ4n) is 1.57. The minimum absolute atomic E-state index is 0. The quantitative estimate of drug-likeness (QED) is 0.489. The highest BCUT2D eigenvalue weighted by Gasteiger charge is 1.98. The molecule has 0 atom stereocenters. The van der Waals surface area contributed by atoms with Gasteiger partial charge in [-0.1, -0.05) is 18.2 Å². The fourth-order valence-corrected chi connectivity index (χ4v) is 1.57. The second-order valence-electron chi connectivity index (χ2n) is 3.95. The smallest absolute Gasteiger partial charge is 0.122 e. The van der Waals surface area contributed by atoms with Gasteiger partial charge in [-0.15, -0.1) is 12.4 Å². The minimum atomic E-state index is 0. The second-order valence-corrected chi connectivity index (χ2v) is 3.95. The largest absolute Gasteiger partial charge is 0.490 e. The van der Waals surface area contributed by atoms with E-state index in [1.54, 1.807) is 24.3 Å². The Morgan fingerprint density at radius 2 is 1.35 bits per heavy atom. The molecule has 0 radical (unpaired) electrons. The predicted molar refractivity (Wildman–Crippen MR) is 82.1 cm³/mol. The average Bonchev–Trinajstić information content (AvgIpc) is 2.45. The van der Waals surface area contributed by atoms with Crippen LogP contribution in [0.2, 0.25) is 0 Å². The highest BCUT2D eigenvalue weighted by Crippen LogP contribution is 2.12. The summed E-state index contributed by atoms with van der Waals surface area (Å²) in [5.74, 6) is 1.62. The normalized spacial score (nSPS) is 9.40. The Bertz CT molecular complexity index is 529. The number of hydrogen-bond acceptors (Lipinski definition) is 3. The van der Waals surface area contributed by atoms with Gasteiger partial charge in [0, 0.05) is 5.56 Å². The number of hydrogen-bond donors (Lipinski definition) is 2. The van der Waals surface area contributed by atoms with Crippen molar-refractivity contribution in [2.45, 2.75) is 0 Å². The molecule has 0 aromatic heterocycles. The number of rotatable bonds is 6. The zero-order valence-corrected chi connectivity index (χ0v) is 11.7. The van der Waals surface area contributed by atoms with Gasteiger partial charge in [0.15, 0.2) is 0 Å². The van der Waals surface area contributed by atoms with Crippen molar-refractivity contribution in [1.29, 1.82) is 5.41 Å². The van der Waals surface area contributed by atoms with E-state index in [2.05, 4.69) is 0 Å².